The van der Waals surface area contributed by atoms with Crippen LogP contribution in [0.1, 0.15) is 0 Å². The number of para-hydroxylation sites is 1. The summed E-state index contributed by atoms with van der Waals surface area (Å²) < 4.78 is 4.37. The third-order valence-electron chi connectivity index (χ3n) is 12.1. The summed E-state index contributed by atoms with van der Waals surface area (Å²) >= 11 is 0. The Hall–Kier alpha value is -8.21. The van der Waals surface area contributed by atoms with Crippen LogP contribution in [0.15, 0.2) is 231 Å². The molecule has 4 nitrogen and oxygen atoms in total. The fraction of sp³-hybridized carbons (Fsp3) is 0. The molecule has 4 heteroatoms. The molecule has 0 radical (unpaired) electrons. The largest absolute Gasteiger partial charge is 0.310 e. The molecule has 0 aliphatic carbocycles. The Morgan fingerprint density at radius 3 is 1.70 bits per heavy atom. The lowest BCUT2D eigenvalue weighted by molar-refractivity contribution is 0.963. The van der Waals surface area contributed by atoms with Crippen molar-refractivity contribution in [1.29, 1.82) is 0 Å². The molecule has 3 heterocycles. The van der Waals surface area contributed by atoms with E-state index in [9.17, 15) is 0 Å². The van der Waals surface area contributed by atoms with E-state index in [1.165, 1.54) is 54.9 Å². The van der Waals surface area contributed by atoms with Crippen LogP contribution in [-0.4, -0.2) is 14.2 Å². The number of pyridine rings is 1. The van der Waals surface area contributed by atoms with Crippen molar-refractivity contribution >= 4 is 66.1 Å². The number of fused-ring (bicyclic) bond motifs is 7. The van der Waals surface area contributed by atoms with Gasteiger partial charge in [-0.15, -0.1) is 0 Å². The Morgan fingerprint density at radius 2 is 0.934 bits per heavy atom. The van der Waals surface area contributed by atoms with Crippen molar-refractivity contribution in [3.8, 4) is 39.1 Å². The maximum absolute atomic E-state index is 4.91. The number of hydrogen-bond acceptors (Lipinski definition) is 2. The Bertz CT molecular complexity index is 3520. The highest BCUT2D eigenvalue weighted by atomic mass is 15.2. The van der Waals surface area contributed by atoms with Gasteiger partial charge in [-0.05, 0) is 112 Å². The first-order chi connectivity index (χ1) is 30.2. The third-order valence-corrected chi connectivity index (χ3v) is 12.1. The van der Waals surface area contributed by atoms with Gasteiger partial charge in [0.15, 0.2) is 0 Å². The number of rotatable bonds is 7. The van der Waals surface area contributed by atoms with E-state index in [2.05, 4.69) is 234 Å². The molecule has 3 aromatic heterocycles. The quantitative estimate of drug-likeness (QED) is 0.161. The molecule has 0 atom stereocenters. The number of anilines is 3. The van der Waals surface area contributed by atoms with E-state index in [1.807, 2.05) is 10.6 Å². The van der Waals surface area contributed by atoms with Crippen molar-refractivity contribution < 1.29 is 0 Å². The lowest BCUT2D eigenvalue weighted by Gasteiger charge is -2.28. The van der Waals surface area contributed by atoms with Crippen molar-refractivity contribution in [2.75, 3.05) is 4.90 Å². The summed E-state index contributed by atoms with van der Waals surface area (Å²) in [6.07, 6.45) is 2.15. The van der Waals surface area contributed by atoms with Gasteiger partial charge in [0.25, 0.3) is 0 Å². The van der Waals surface area contributed by atoms with Gasteiger partial charge in [-0.25, -0.2) is 4.52 Å². The molecule has 0 aliphatic rings. The molecule has 286 valence electrons. The average Bonchev–Trinajstić information content (AvgIpc) is 3.87. The molecule has 61 heavy (non-hydrogen) atoms. The van der Waals surface area contributed by atoms with Crippen molar-refractivity contribution in [3.05, 3.63) is 231 Å². The molecule has 12 aromatic rings. The van der Waals surface area contributed by atoms with Crippen LogP contribution < -0.4 is 4.90 Å². The highest BCUT2D eigenvalue weighted by Crippen LogP contribution is 2.43. The summed E-state index contributed by atoms with van der Waals surface area (Å²) in [6, 6.07) is 81.0. The molecule has 12 rings (SSSR count). The van der Waals surface area contributed by atoms with E-state index in [0.717, 1.165) is 50.2 Å². The SMILES string of the molecule is c1ccc(-c2cc(-c3ccccc3)cc(N(c3ccc(-c4ccc5c(c4)c4ccccc4n5-c4ccc5c6ccccc6nn5c4)cc3)c3cccc4ccccc34)c2)cc1. The average molecular weight is 779 g/mol. The number of aromatic nitrogens is 3. The van der Waals surface area contributed by atoms with Crippen LogP contribution in [0, 0.1) is 0 Å². The first-order valence-corrected chi connectivity index (χ1v) is 20.8. The maximum atomic E-state index is 4.91. The van der Waals surface area contributed by atoms with E-state index >= 15 is 0 Å². The summed E-state index contributed by atoms with van der Waals surface area (Å²) in [5.74, 6) is 0. The molecule has 0 aliphatic heterocycles. The first-order valence-electron chi connectivity index (χ1n) is 20.8. The molecule has 0 saturated heterocycles. The van der Waals surface area contributed by atoms with Crippen molar-refractivity contribution in [3.63, 3.8) is 0 Å². The highest BCUT2D eigenvalue weighted by molar-refractivity contribution is 6.10. The van der Waals surface area contributed by atoms with Gasteiger partial charge in [-0.3, -0.25) is 0 Å². The first kappa shape index (κ1) is 34.8. The van der Waals surface area contributed by atoms with E-state index < -0.39 is 0 Å². The molecule has 9 aromatic carbocycles. The molecule has 0 unspecified atom stereocenters. The molecule has 0 amide bonds. The highest BCUT2D eigenvalue weighted by Gasteiger charge is 2.19. The summed E-state index contributed by atoms with van der Waals surface area (Å²) in [4.78, 5) is 2.42. The second-order valence-corrected chi connectivity index (χ2v) is 15.7. The molecule has 0 N–H and O–H groups in total. The van der Waals surface area contributed by atoms with Crippen LogP contribution in [-0.2, 0) is 0 Å². The molecular weight excluding hydrogens is 741 g/mol. The van der Waals surface area contributed by atoms with Crippen LogP contribution in [0.4, 0.5) is 17.1 Å². The molecule has 0 saturated carbocycles. The maximum Gasteiger partial charge on any atom is 0.0933 e. The Morgan fingerprint density at radius 1 is 0.344 bits per heavy atom. The minimum atomic E-state index is 0.996. The van der Waals surface area contributed by atoms with Gasteiger partial charge in [0, 0.05) is 32.9 Å². The van der Waals surface area contributed by atoms with E-state index in [-0.39, 0.29) is 0 Å². The number of hydrogen-bond donors (Lipinski definition) is 0. The monoisotopic (exact) mass is 778 g/mol. The summed E-state index contributed by atoms with van der Waals surface area (Å²) in [7, 11) is 0. The van der Waals surface area contributed by atoms with Crippen LogP contribution >= 0.6 is 0 Å². The lowest BCUT2D eigenvalue weighted by atomic mass is 9.96. The fourth-order valence-corrected chi connectivity index (χ4v) is 9.20. The van der Waals surface area contributed by atoms with Crippen molar-refractivity contribution in [2.45, 2.75) is 0 Å². The zero-order chi connectivity index (χ0) is 40.3. The zero-order valence-corrected chi connectivity index (χ0v) is 33.2. The van der Waals surface area contributed by atoms with Gasteiger partial charge >= 0.3 is 0 Å². The van der Waals surface area contributed by atoms with Crippen molar-refractivity contribution in [2.24, 2.45) is 0 Å². The lowest BCUT2D eigenvalue weighted by Crippen LogP contribution is -2.11. The van der Waals surface area contributed by atoms with Crippen LogP contribution in [0.25, 0.3) is 88.1 Å². The summed E-state index contributed by atoms with van der Waals surface area (Å²) in [5.41, 5.74) is 15.8. The summed E-state index contributed by atoms with van der Waals surface area (Å²) in [6.45, 7) is 0. The minimum absolute atomic E-state index is 0.996. The predicted octanol–water partition coefficient (Wildman–Crippen LogP) is 15.2. The van der Waals surface area contributed by atoms with Gasteiger partial charge in [0.05, 0.1) is 39.6 Å². The predicted molar refractivity (Wildman–Crippen MR) is 256 cm³/mol. The molecule has 0 bridgehead atoms. The zero-order valence-electron chi connectivity index (χ0n) is 33.2. The minimum Gasteiger partial charge on any atom is -0.310 e. The van der Waals surface area contributed by atoms with Crippen LogP contribution in [0.5, 0.6) is 0 Å². The van der Waals surface area contributed by atoms with Gasteiger partial charge in [-0.1, -0.05) is 152 Å². The summed E-state index contributed by atoms with van der Waals surface area (Å²) in [5, 5.41) is 10.9. The third kappa shape index (κ3) is 5.96. The molecule has 0 fully saturated rings. The number of benzene rings is 9. The standard InChI is InChI=1S/C57H38N4/c1-3-14-39(15-4-1)44-34-45(40-16-5-2-6-17-40)36-48(35-44)60(55-25-13-19-42-18-7-8-20-49(42)55)46-29-26-41(27-30-46)43-28-32-57-52(37-43)50-21-10-12-24-56(50)61(57)47-31-33-54-51-22-9-11-23-53(51)58-59(54)38-47/h1-38H. The Labute approximate surface area is 353 Å². The number of nitrogens with zero attached hydrogens (tertiary/aromatic N) is 4. The van der Waals surface area contributed by atoms with Crippen LogP contribution in [0.2, 0.25) is 0 Å². The van der Waals surface area contributed by atoms with E-state index in [4.69, 9.17) is 5.10 Å². The van der Waals surface area contributed by atoms with E-state index in [1.54, 1.807) is 0 Å². The fourth-order valence-electron chi connectivity index (χ4n) is 9.20. The van der Waals surface area contributed by atoms with Gasteiger partial charge in [0.1, 0.15) is 0 Å². The second kappa shape index (κ2) is 14.3. The smallest absolute Gasteiger partial charge is 0.0933 e. The van der Waals surface area contributed by atoms with Gasteiger partial charge in [0.2, 0.25) is 0 Å². The van der Waals surface area contributed by atoms with Gasteiger partial charge < -0.3 is 9.47 Å². The van der Waals surface area contributed by atoms with Crippen LogP contribution in [0.3, 0.4) is 0 Å². The van der Waals surface area contributed by atoms with E-state index in [0.29, 0.717) is 0 Å². The second-order valence-electron chi connectivity index (χ2n) is 15.7. The molecular formula is C57H38N4. The van der Waals surface area contributed by atoms with Gasteiger partial charge in [-0.2, -0.15) is 5.10 Å². The van der Waals surface area contributed by atoms with Crippen molar-refractivity contribution in [1.82, 2.24) is 14.2 Å². The Balaban J connectivity index is 0.990. The normalized spacial score (nSPS) is 11.6. The molecule has 0 spiro atoms. The Kier molecular flexibility index (Phi) is 8.13. The topological polar surface area (TPSA) is 25.5 Å².